The van der Waals surface area contributed by atoms with Gasteiger partial charge in [0, 0.05) is 12.5 Å². The fraction of sp³-hybridized carbons (Fsp3) is 0.778. The predicted molar refractivity (Wildman–Crippen MR) is 52.5 cm³/mol. The normalized spacial score (nSPS) is 14.9. The summed E-state index contributed by atoms with van der Waals surface area (Å²) in [5.74, 6) is -0.213. The molecule has 0 aliphatic heterocycles. The van der Waals surface area contributed by atoms with Crippen molar-refractivity contribution in [2.45, 2.75) is 31.7 Å². The largest absolute Gasteiger partial charge is 0.352 e. The summed E-state index contributed by atoms with van der Waals surface area (Å²) in [5.41, 5.74) is 5.25. The molecule has 80 valence electrons. The number of carbonyl (C=O) groups excluding carboxylic acids is 2. The van der Waals surface area contributed by atoms with Crippen LogP contribution >= 0.6 is 0 Å². The van der Waals surface area contributed by atoms with Crippen LogP contribution in [0.4, 0.5) is 0 Å². The first-order valence-corrected chi connectivity index (χ1v) is 4.98. The van der Waals surface area contributed by atoms with Gasteiger partial charge in [-0.3, -0.25) is 9.59 Å². The van der Waals surface area contributed by atoms with Gasteiger partial charge >= 0.3 is 0 Å². The average molecular weight is 199 g/mol. The van der Waals surface area contributed by atoms with Crippen LogP contribution in [0.2, 0.25) is 0 Å². The second-order valence-electron chi connectivity index (χ2n) is 3.51. The molecular weight excluding hydrogens is 182 g/mol. The lowest BCUT2D eigenvalue weighted by Gasteiger charge is -2.05. The monoisotopic (exact) mass is 199 g/mol. The number of carbonyl (C=O) groups is 2. The summed E-state index contributed by atoms with van der Waals surface area (Å²) < 4.78 is 0. The molecule has 2 amide bonds. The van der Waals surface area contributed by atoms with Crippen molar-refractivity contribution in [2.75, 3.05) is 13.1 Å². The fourth-order valence-corrected chi connectivity index (χ4v) is 1.04. The summed E-state index contributed by atoms with van der Waals surface area (Å²) in [7, 11) is 0. The Labute approximate surface area is 83.4 Å². The van der Waals surface area contributed by atoms with E-state index in [1.807, 2.05) is 0 Å². The van der Waals surface area contributed by atoms with E-state index in [0.717, 1.165) is 12.8 Å². The van der Waals surface area contributed by atoms with E-state index >= 15 is 0 Å². The van der Waals surface area contributed by atoms with E-state index in [1.54, 1.807) is 0 Å². The van der Waals surface area contributed by atoms with Gasteiger partial charge in [0.2, 0.25) is 11.8 Å². The van der Waals surface area contributed by atoms with Crippen molar-refractivity contribution in [3.05, 3.63) is 0 Å². The van der Waals surface area contributed by atoms with Crippen LogP contribution in [-0.4, -0.2) is 30.9 Å². The molecule has 0 aromatic carbocycles. The lowest BCUT2D eigenvalue weighted by Crippen LogP contribution is -2.37. The van der Waals surface area contributed by atoms with Gasteiger partial charge in [-0.2, -0.15) is 0 Å². The van der Waals surface area contributed by atoms with Crippen LogP contribution < -0.4 is 16.4 Å². The summed E-state index contributed by atoms with van der Waals surface area (Å²) in [6, 6.07) is 0.350. The third kappa shape index (κ3) is 4.81. The first-order valence-electron chi connectivity index (χ1n) is 4.98. The van der Waals surface area contributed by atoms with Crippen LogP contribution in [0, 0.1) is 0 Å². The molecule has 0 aromatic rings. The van der Waals surface area contributed by atoms with E-state index in [9.17, 15) is 9.59 Å². The Kier molecular flexibility index (Phi) is 4.39. The first kappa shape index (κ1) is 11.0. The summed E-state index contributed by atoms with van der Waals surface area (Å²) in [6.45, 7) is 0.585. The summed E-state index contributed by atoms with van der Waals surface area (Å²) in [5, 5.41) is 5.33. The van der Waals surface area contributed by atoms with Crippen molar-refractivity contribution in [1.82, 2.24) is 10.6 Å². The Bertz CT molecular complexity index is 214. The van der Waals surface area contributed by atoms with Gasteiger partial charge in [0.25, 0.3) is 0 Å². The molecule has 5 nitrogen and oxygen atoms in total. The molecule has 4 N–H and O–H groups in total. The summed E-state index contributed by atoms with van der Waals surface area (Å²) >= 11 is 0. The summed E-state index contributed by atoms with van der Waals surface area (Å²) in [4.78, 5) is 22.2. The molecule has 0 atom stereocenters. The third-order valence-electron chi connectivity index (χ3n) is 2.00. The van der Waals surface area contributed by atoms with Gasteiger partial charge in [-0.05, 0) is 25.8 Å². The SMILES string of the molecule is NCCCC(=O)NCC(=O)NC1CC1. The Morgan fingerprint density at radius 2 is 2.00 bits per heavy atom. The van der Waals surface area contributed by atoms with Gasteiger partial charge in [0.05, 0.1) is 6.54 Å². The van der Waals surface area contributed by atoms with Gasteiger partial charge in [-0.1, -0.05) is 0 Å². The van der Waals surface area contributed by atoms with E-state index in [0.29, 0.717) is 25.4 Å². The highest BCUT2D eigenvalue weighted by Crippen LogP contribution is 2.18. The molecule has 0 aromatic heterocycles. The van der Waals surface area contributed by atoms with Gasteiger partial charge in [-0.15, -0.1) is 0 Å². The smallest absolute Gasteiger partial charge is 0.239 e. The van der Waals surface area contributed by atoms with E-state index < -0.39 is 0 Å². The molecule has 0 heterocycles. The van der Waals surface area contributed by atoms with Gasteiger partial charge in [-0.25, -0.2) is 0 Å². The van der Waals surface area contributed by atoms with Crippen molar-refractivity contribution >= 4 is 11.8 Å². The quantitative estimate of drug-likeness (QED) is 0.519. The summed E-state index contributed by atoms with van der Waals surface area (Å²) in [6.07, 6.45) is 3.18. The minimum atomic E-state index is -0.110. The van der Waals surface area contributed by atoms with Crippen molar-refractivity contribution in [3.63, 3.8) is 0 Å². The number of nitrogens with one attached hydrogen (secondary N) is 2. The number of hydrogen-bond donors (Lipinski definition) is 3. The van der Waals surface area contributed by atoms with Gasteiger partial charge in [0.1, 0.15) is 0 Å². The van der Waals surface area contributed by atoms with Crippen LogP contribution in [-0.2, 0) is 9.59 Å². The molecule has 0 unspecified atom stereocenters. The van der Waals surface area contributed by atoms with Crippen molar-refractivity contribution < 1.29 is 9.59 Å². The molecule has 0 spiro atoms. The zero-order valence-electron chi connectivity index (χ0n) is 8.21. The van der Waals surface area contributed by atoms with Crippen LogP contribution in [0.5, 0.6) is 0 Å². The van der Waals surface area contributed by atoms with Crippen molar-refractivity contribution in [2.24, 2.45) is 5.73 Å². The minimum Gasteiger partial charge on any atom is -0.352 e. The second-order valence-corrected chi connectivity index (χ2v) is 3.51. The maximum atomic E-state index is 11.1. The highest BCUT2D eigenvalue weighted by molar-refractivity contribution is 5.84. The first-order chi connectivity index (χ1) is 6.72. The average Bonchev–Trinajstić information content (AvgIpc) is 2.95. The maximum Gasteiger partial charge on any atom is 0.239 e. The van der Waals surface area contributed by atoms with Gasteiger partial charge in [0.15, 0.2) is 0 Å². The lowest BCUT2D eigenvalue weighted by atomic mass is 10.3. The van der Waals surface area contributed by atoms with E-state index in [-0.39, 0.29) is 18.4 Å². The molecule has 1 aliphatic rings. The highest BCUT2D eigenvalue weighted by atomic mass is 16.2. The highest BCUT2D eigenvalue weighted by Gasteiger charge is 2.22. The molecule has 0 radical (unpaired) electrons. The maximum absolute atomic E-state index is 11.1. The molecular formula is C9H17N3O2. The van der Waals surface area contributed by atoms with Gasteiger partial charge < -0.3 is 16.4 Å². The van der Waals surface area contributed by atoms with Crippen molar-refractivity contribution in [1.29, 1.82) is 0 Å². The second kappa shape index (κ2) is 5.59. The van der Waals surface area contributed by atoms with E-state index in [2.05, 4.69) is 10.6 Å². The molecule has 1 fully saturated rings. The Balaban J connectivity index is 2.00. The molecule has 0 bridgehead atoms. The zero-order chi connectivity index (χ0) is 10.4. The van der Waals surface area contributed by atoms with Crippen LogP contribution in [0.25, 0.3) is 0 Å². The Morgan fingerprint density at radius 3 is 2.57 bits per heavy atom. The Hall–Kier alpha value is -1.10. The number of hydrogen-bond acceptors (Lipinski definition) is 3. The Morgan fingerprint density at radius 1 is 1.29 bits per heavy atom. The molecule has 1 aliphatic carbocycles. The molecule has 1 rings (SSSR count). The molecule has 14 heavy (non-hydrogen) atoms. The van der Waals surface area contributed by atoms with Crippen LogP contribution in [0.1, 0.15) is 25.7 Å². The van der Waals surface area contributed by atoms with Crippen molar-refractivity contribution in [3.8, 4) is 0 Å². The molecule has 5 heteroatoms. The standard InChI is InChI=1S/C9H17N3O2/c10-5-1-2-8(13)11-6-9(14)12-7-3-4-7/h7H,1-6,10H2,(H,11,13)(H,12,14). The third-order valence-corrected chi connectivity index (χ3v) is 2.00. The van der Waals surface area contributed by atoms with Crippen LogP contribution in [0.15, 0.2) is 0 Å². The topological polar surface area (TPSA) is 84.2 Å². The number of amides is 2. The fourth-order valence-electron chi connectivity index (χ4n) is 1.04. The van der Waals surface area contributed by atoms with Crippen LogP contribution in [0.3, 0.4) is 0 Å². The lowest BCUT2D eigenvalue weighted by molar-refractivity contribution is -0.126. The minimum absolute atomic E-state index is 0.0832. The predicted octanol–water partition coefficient (Wildman–Crippen LogP) is -0.880. The number of rotatable bonds is 6. The van der Waals surface area contributed by atoms with E-state index in [1.165, 1.54) is 0 Å². The van der Waals surface area contributed by atoms with E-state index in [4.69, 9.17) is 5.73 Å². The molecule has 1 saturated carbocycles. The number of nitrogens with two attached hydrogens (primary N) is 1. The molecule has 0 saturated heterocycles. The zero-order valence-corrected chi connectivity index (χ0v) is 8.21.